The normalized spacial score (nSPS) is 13.1. The molecule has 0 aliphatic heterocycles. The van der Waals surface area contributed by atoms with Crippen LogP contribution < -0.4 is 10.9 Å². The van der Waals surface area contributed by atoms with Crippen molar-refractivity contribution in [3.63, 3.8) is 0 Å². The van der Waals surface area contributed by atoms with Crippen molar-refractivity contribution in [3.05, 3.63) is 40.8 Å². The second-order valence-corrected chi connectivity index (χ2v) is 4.86. The second kappa shape index (κ2) is 5.31. The lowest BCUT2D eigenvalue weighted by atomic mass is 10.1. The van der Waals surface area contributed by atoms with Gasteiger partial charge in [0.25, 0.3) is 5.56 Å². The lowest BCUT2D eigenvalue weighted by molar-refractivity contribution is 0.356. The van der Waals surface area contributed by atoms with Gasteiger partial charge in [-0.2, -0.15) is 5.10 Å². The summed E-state index contributed by atoms with van der Waals surface area (Å²) in [5.74, 6) is 0.454. The molecule has 0 saturated heterocycles. The molecular weight excluding hydrogens is 226 g/mol. The monoisotopic (exact) mass is 245 g/mol. The number of nitrogens with zero attached hydrogens (tertiary/aromatic N) is 2. The molecule has 18 heavy (non-hydrogen) atoms. The standard InChI is InChI=1S/C14H19N3O/c1-10(2)13(15-3)9-17-14(18)12-7-5-4-6-11(12)8-16-17/h4-8,10,13,15H,9H2,1-3H3. The predicted molar refractivity (Wildman–Crippen MR) is 73.7 cm³/mol. The molecule has 1 atom stereocenters. The molecule has 1 aromatic heterocycles. The van der Waals surface area contributed by atoms with Gasteiger partial charge in [0.05, 0.1) is 18.1 Å². The fourth-order valence-corrected chi connectivity index (χ4v) is 2.08. The number of nitrogens with one attached hydrogen (secondary N) is 1. The smallest absolute Gasteiger partial charge is 0.274 e. The number of hydrogen-bond donors (Lipinski definition) is 1. The number of aromatic nitrogens is 2. The van der Waals surface area contributed by atoms with Crippen molar-refractivity contribution >= 4 is 10.8 Å². The lowest BCUT2D eigenvalue weighted by Gasteiger charge is -2.20. The Morgan fingerprint density at radius 1 is 1.33 bits per heavy atom. The summed E-state index contributed by atoms with van der Waals surface area (Å²) < 4.78 is 1.55. The fraction of sp³-hybridized carbons (Fsp3) is 0.429. The molecule has 1 unspecified atom stereocenters. The Morgan fingerprint density at radius 2 is 2.06 bits per heavy atom. The molecule has 2 rings (SSSR count). The molecule has 0 saturated carbocycles. The third-order valence-electron chi connectivity index (χ3n) is 3.31. The van der Waals surface area contributed by atoms with Gasteiger partial charge in [0.15, 0.2) is 0 Å². The van der Waals surface area contributed by atoms with Crippen LogP contribution in [0.1, 0.15) is 13.8 Å². The number of likely N-dealkylation sites (N-methyl/N-ethyl adjacent to an activating group) is 1. The summed E-state index contributed by atoms with van der Waals surface area (Å²) in [4.78, 5) is 12.3. The van der Waals surface area contributed by atoms with E-state index in [2.05, 4.69) is 24.3 Å². The largest absolute Gasteiger partial charge is 0.315 e. The van der Waals surface area contributed by atoms with E-state index in [0.717, 1.165) is 10.8 Å². The van der Waals surface area contributed by atoms with Gasteiger partial charge in [-0.3, -0.25) is 4.79 Å². The molecule has 0 fully saturated rings. The van der Waals surface area contributed by atoms with Gasteiger partial charge in [-0.25, -0.2) is 4.68 Å². The van der Waals surface area contributed by atoms with E-state index < -0.39 is 0 Å². The Balaban J connectivity index is 2.40. The van der Waals surface area contributed by atoms with Crippen LogP contribution in [0, 0.1) is 5.92 Å². The van der Waals surface area contributed by atoms with Crippen molar-refractivity contribution in [2.75, 3.05) is 7.05 Å². The first-order valence-corrected chi connectivity index (χ1v) is 6.25. The number of fused-ring (bicyclic) bond motifs is 1. The second-order valence-electron chi connectivity index (χ2n) is 4.86. The lowest BCUT2D eigenvalue weighted by Crippen LogP contribution is -2.39. The highest BCUT2D eigenvalue weighted by Gasteiger charge is 2.13. The SMILES string of the molecule is CNC(Cn1ncc2ccccc2c1=O)C(C)C. The van der Waals surface area contributed by atoms with Crippen LogP contribution in [-0.4, -0.2) is 22.9 Å². The molecule has 0 aliphatic rings. The number of benzene rings is 1. The minimum Gasteiger partial charge on any atom is -0.315 e. The summed E-state index contributed by atoms with van der Waals surface area (Å²) in [6.45, 7) is 4.86. The van der Waals surface area contributed by atoms with Crippen LogP contribution in [0.3, 0.4) is 0 Å². The maximum Gasteiger partial charge on any atom is 0.274 e. The average Bonchev–Trinajstić information content (AvgIpc) is 2.38. The minimum atomic E-state index is -0.0194. The molecule has 0 spiro atoms. The van der Waals surface area contributed by atoms with Crippen molar-refractivity contribution in [1.82, 2.24) is 15.1 Å². The molecule has 1 aromatic carbocycles. The molecule has 4 heteroatoms. The maximum absolute atomic E-state index is 12.3. The summed E-state index contributed by atoms with van der Waals surface area (Å²) in [7, 11) is 1.91. The van der Waals surface area contributed by atoms with Crippen molar-refractivity contribution in [2.45, 2.75) is 26.4 Å². The molecular formula is C14H19N3O. The number of rotatable bonds is 4. The van der Waals surface area contributed by atoms with Gasteiger partial charge in [0, 0.05) is 11.4 Å². The molecule has 1 heterocycles. The molecule has 96 valence electrons. The zero-order valence-electron chi connectivity index (χ0n) is 11.1. The van der Waals surface area contributed by atoms with Crippen LogP contribution >= 0.6 is 0 Å². The van der Waals surface area contributed by atoms with Crippen molar-refractivity contribution in [1.29, 1.82) is 0 Å². The van der Waals surface area contributed by atoms with Gasteiger partial charge in [-0.05, 0) is 19.0 Å². The van der Waals surface area contributed by atoms with Crippen molar-refractivity contribution < 1.29 is 0 Å². The molecule has 2 aromatic rings. The quantitative estimate of drug-likeness (QED) is 0.890. The third-order valence-corrected chi connectivity index (χ3v) is 3.31. The minimum absolute atomic E-state index is 0.0194. The van der Waals surface area contributed by atoms with Crippen molar-refractivity contribution in [3.8, 4) is 0 Å². The van der Waals surface area contributed by atoms with Gasteiger partial charge in [-0.1, -0.05) is 32.0 Å². The van der Waals surface area contributed by atoms with Crippen LogP contribution in [0.15, 0.2) is 35.3 Å². The van der Waals surface area contributed by atoms with Crippen LogP contribution in [0.4, 0.5) is 0 Å². The Morgan fingerprint density at radius 3 is 2.72 bits per heavy atom. The van der Waals surface area contributed by atoms with E-state index in [9.17, 15) is 4.79 Å². The topological polar surface area (TPSA) is 46.9 Å². The van der Waals surface area contributed by atoms with Gasteiger partial charge in [-0.15, -0.1) is 0 Å². The van der Waals surface area contributed by atoms with Crippen LogP contribution in [0.2, 0.25) is 0 Å². The van der Waals surface area contributed by atoms with Gasteiger partial charge in [0.1, 0.15) is 0 Å². The summed E-state index contributed by atoms with van der Waals surface area (Å²) in [5, 5.41) is 9.09. The molecule has 1 N–H and O–H groups in total. The van der Waals surface area contributed by atoms with Gasteiger partial charge in [0.2, 0.25) is 0 Å². The first-order chi connectivity index (χ1) is 8.63. The summed E-state index contributed by atoms with van der Waals surface area (Å²) >= 11 is 0. The van der Waals surface area contributed by atoms with Gasteiger partial charge >= 0.3 is 0 Å². The Labute approximate surface area is 107 Å². The van der Waals surface area contributed by atoms with Crippen LogP contribution in [0.5, 0.6) is 0 Å². The van der Waals surface area contributed by atoms with Crippen LogP contribution in [0.25, 0.3) is 10.8 Å². The molecule has 0 bridgehead atoms. The number of hydrogen-bond acceptors (Lipinski definition) is 3. The van der Waals surface area contributed by atoms with E-state index in [1.165, 1.54) is 0 Å². The first-order valence-electron chi connectivity index (χ1n) is 6.25. The summed E-state index contributed by atoms with van der Waals surface area (Å²) in [6, 6.07) is 7.80. The van der Waals surface area contributed by atoms with Crippen LogP contribution in [-0.2, 0) is 6.54 Å². The zero-order valence-corrected chi connectivity index (χ0v) is 11.1. The Kier molecular flexibility index (Phi) is 3.77. The Hall–Kier alpha value is -1.68. The predicted octanol–water partition coefficient (Wildman–Crippen LogP) is 1.64. The Bertz CT molecular complexity index is 589. The van der Waals surface area contributed by atoms with E-state index in [4.69, 9.17) is 0 Å². The zero-order chi connectivity index (χ0) is 13.1. The molecule has 0 aliphatic carbocycles. The molecule has 4 nitrogen and oxygen atoms in total. The summed E-state index contributed by atoms with van der Waals surface area (Å²) in [6.07, 6.45) is 1.75. The third kappa shape index (κ3) is 2.43. The van der Waals surface area contributed by atoms with E-state index >= 15 is 0 Å². The van der Waals surface area contributed by atoms with Gasteiger partial charge < -0.3 is 5.32 Å². The van der Waals surface area contributed by atoms with E-state index in [1.807, 2.05) is 31.3 Å². The molecule has 0 radical (unpaired) electrons. The van der Waals surface area contributed by atoms with E-state index in [-0.39, 0.29) is 11.6 Å². The maximum atomic E-state index is 12.3. The van der Waals surface area contributed by atoms with E-state index in [1.54, 1.807) is 10.9 Å². The average molecular weight is 245 g/mol. The van der Waals surface area contributed by atoms with E-state index in [0.29, 0.717) is 12.5 Å². The van der Waals surface area contributed by atoms with Crippen molar-refractivity contribution in [2.24, 2.45) is 5.92 Å². The summed E-state index contributed by atoms with van der Waals surface area (Å²) in [5.41, 5.74) is -0.0194. The highest BCUT2D eigenvalue weighted by atomic mass is 16.1. The molecule has 0 amide bonds. The first kappa shape index (κ1) is 12.8. The highest BCUT2D eigenvalue weighted by Crippen LogP contribution is 2.08. The fourth-order valence-electron chi connectivity index (χ4n) is 2.08. The highest BCUT2D eigenvalue weighted by molar-refractivity contribution is 5.80.